The number of ether oxygens (including phenoxy) is 1. The lowest BCUT2D eigenvalue weighted by Crippen LogP contribution is -2.12. The van der Waals surface area contributed by atoms with Gasteiger partial charge in [-0.25, -0.2) is 4.98 Å². The van der Waals surface area contributed by atoms with Crippen molar-refractivity contribution in [3.05, 3.63) is 62.9 Å². The molecule has 0 fully saturated rings. The van der Waals surface area contributed by atoms with Gasteiger partial charge < -0.3 is 10.1 Å². The van der Waals surface area contributed by atoms with Gasteiger partial charge in [-0.1, -0.05) is 30.7 Å². The number of hydrogen-bond donors (Lipinski definition) is 1. The summed E-state index contributed by atoms with van der Waals surface area (Å²) in [7, 11) is 0. The Morgan fingerprint density at radius 3 is 2.79 bits per heavy atom. The number of nitrogens with one attached hydrogen (secondary N) is 1. The quantitative estimate of drug-likeness (QED) is 0.378. The summed E-state index contributed by atoms with van der Waals surface area (Å²) in [5.74, 6) is 0.761. The molecule has 0 saturated heterocycles. The van der Waals surface area contributed by atoms with Gasteiger partial charge in [0.1, 0.15) is 5.75 Å². The monoisotopic (exact) mass is 472 g/mol. The summed E-state index contributed by atoms with van der Waals surface area (Å²) in [5, 5.41) is 5.51. The molecule has 3 aromatic rings. The number of halogens is 1. The van der Waals surface area contributed by atoms with E-state index in [0.717, 1.165) is 27.9 Å². The third kappa shape index (κ3) is 5.90. The first-order valence-electron chi connectivity index (χ1n) is 9.70. The molecular weight excluding hydrogens is 448 g/mol. The molecule has 0 unspecified atom stereocenters. The van der Waals surface area contributed by atoms with Crippen LogP contribution in [0.25, 0.3) is 11.3 Å². The van der Waals surface area contributed by atoms with E-state index < -0.39 is 0 Å². The second kappa shape index (κ2) is 10.0. The van der Waals surface area contributed by atoms with Crippen LogP contribution < -0.4 is 10.1 Å². The average molecular weight is 473 g/mol. The minimum absolute atomic E-state index is 0.0455. The molecule has 4 nitrogen and oxygen atoms in total. The zero-order valence-electron chi connectivity index (χ0n) is 16.9. The van der Waals surface area contributed by atoms with Gasteiger partial charge in [0.05, 0.1) is 16.8 Å². The van der Waals surface area contributed by atoms with E-state index in [2.05, 4.69) is 77.3 Å². The molecule has 0 aliphatic carbocycles. The van der Waals surface area contributed by atoms with Gasteiger partial charge in [-0.15, -0.1) is 11.3 Å². The average Bonchev–Trinajstić information content (AvgIpc) is 3.16. The molecular formula is C23H25BrN2O2S. The summed E-state index contributed by atoms with van der Waals surface area (Å²) in [6.45, 7) is 6.74. The zero-order chi connectivity index (χ0) is 20.8. The molecule has 0 radical (unpaired) electrons. The summed E-state index contributed by atoms with van der Waals surface area (Å²) in [6, 6.07) is 12.4. The van der Waals surface area contributed by atoms with Crippen molar-refractivity contribution < 1.29 is 9.53 Å². The Balaban J connectivity index is 1.48. The van der Waals surface area contributed by atoms with Crippen molar-refractivity contribution in [3.8, 4) is 17.0 Å². The van der Waals surface area contributed by atoms with Crippen LogP contribution in [0.2, 0.25) is 0 Å². The number of carbonyl (C=O) groups excluding carboxylic acids is 1. The summed E-state index contributed by atoms with van der Waals surface area (Å²) < 4.78 is 6.73. The molecule has 0 aliphatic heterocycles. The molecule has 2 aromatic carbocycles. The minimum atomic E-state index is -0.0455. The first-order chi connectivity index (χ1) is 14.0. The SMILES string of the molecule is CCc1ccc(OCCCC(=O)Nc2nc(-c3cc(C)ccc3C)cs2)c(Br)c1. The third-order valence-corrected chi connectivity index (χ3v) is 6.01. The van der Waals surface area contributed by atoms with E-state index in [4.69, 9.17) is 4.74 Å². The fourth-order valence-electron chi connectivity index (χ4n) is 2.94. The van der Waals surface area contributed by atoms with Crippen LogP contribution in [0.3, 0.4) is 0 Å². The summed E-state index contributed by atoms with van der Waals surface area (Å²) in [4.78, 5) is 16.8. The van der Waals surface area contributed by atoms with Crippen LogP contribution in [-0.4, -0.2) is 17.5 Å². The highest BCUT2D eigenvalue weighted by atomic mass is 79.9. The Bertz CT molecular complexity index is 1000. The van der Waals surface area contributed by atoms with E-state index in [0.29, 0.717) is 24.6 Å². The van der Waals surface area contributed by atoms with E-state index in [1.54, 1.807) is 0 Å². The molecule has 0 spiro atoms. The third-order valence-electron chi connectivity index (χ3n) is 4.63. The van der Waals surface area contributed by atoms with Crippen molar-refractivity contribution in [2.24, 2.45) is 0 Å². The van der Waals surface area contributed by atoms with Crippen molar-refractivity contribution in [1.29, 1.82) is 0 Å². The maximum atomic E-state index is 12.2. The normalized spacial score (nSPS) is 10.8. The van der Waals surface area contributed by atoms with Gasteiger partial charge in [-0.2, -0.15) is 0 Å². The Kier molecular flexibility index (Phi) is 7.45. The first-order valence-corrected chi connectivity index (χ1v) is 11.4. The van der Waals surface area contributed by atoms with Gasteiger partial charge in [0.15, 0.2) is 5.13 Å². The van der Waals surface area contributed by atoms with Crippen LogP contribution in [0.5, 0.6) is 5.75 Å². The van der Waals surface area contributed by atoms with Crippen LogP contribution in [0.4, 0.5) is 5.13 Å². The molecule has 29 heavy (non-hydrogen) atoms. The zero-order valence-corrected chi connectivity index (χ0v) is 19.3. The van der Waals surface area contributed by atoms with Crippen LogP contribution in [0.1, 0.15) is 36.5 Å². The number of hydrogen-bond acceptors (Lipinski definition) is 4. The number of amides is 1. The molecule has 0 saturated carbocycles. The minimum Gasteiger partial charge on any atom is -0.492 e. The van der Waals surface area contributed by atoms with Crippen molar-refractivity contribution in [1.82, 2.24) is 4.98 Å². The number of aryl methyl sites for hydroxylation is 3. The van der Waals surface area contributed by atoms with E-state index in [1.807, 2.05) is 11.4 Å². The number of nitrogens with zero attached hydrogens (tertiary/aromatic N) is 1. The van der Waals surface area contributed by atoms with Crippen LogP contribution >= 0.6 is 27.3 Å². The Hall–Kier alpha value is -2.18. The van der Waals surface area contributed by atoms with E-state index in [-0.39, 0.29) is 5.91 Å². The van der Waals surface area contributed by atoms with Crippen LogP contribution in [0, 0.1) is 13.8 Å². The second-order valence-electron chi connectivity index (χ2n) is 6.97. The van der Waals surface area contributed by atoms with Gasteiger partial charge in [0, 0.05) is 17.4 Å². The topological polar surface area (TPSA) is 51.2 Å². The van der Waals surface area contributed by atoms with Crippen molar-refractivity contribution >= 4 is 38.3 Å². The van der Waals surface area contributed by atoms with Gasteiger partial charge in [0.2, 0.25) is 5.91 Å². The molecule has 1 aromatic heterocycles. The predicted octanol–water partition coefficient (Wildman–Crippen LogP) is 6.55. The molecule has 1 N–H and O–H groups in total. The Morgan fingerprint density at radius 2 is 2.03 bits per heavy atom. The first kappa shape index (κ1) is 21.5. The maximum Gasteiger partial charge on any atom is 0.226 e. The molecule has 6 heteroatoms. The van der Waals surface area contributed by atoms with Crippen molar-refractivity contribution in [2.75, 3.05) is 11.9 Å². The molecule has 3 rings (SSSR count). The fourth-order valence-corrected chi connectivity index (χ4v) is 4.21. The Morgan fingerprint density at radius 1 is 1.21 bits per heavy atom. The number of anilines is 1. The molecule has 0 atom stereocenters. The summed E-state index contributed by atoms with van der Waals surface area (Å²) in [5.41, 5.74) is 5.63. The molecule has 1 heterocycles. The highest BCUT2D eigenvalue weighted by Crippen LogP contribution is 2.29. The van der Waals surface area contributed by atoms with Gasteiger partial charge in [-0.05, 0) is 71.9 Å². The largest absolute Gasteiger partial charge is 0.492 e. The lowest BCUT2D eigenvalue weighted by molar-refractivity contribution is -0.116. The smallest absolute Gasteiger partial charge is 0.226 e. The number of benzene rings is 2. The highest BCUT2D eigenvalue weighted by molar-refractivity contribution is 9.10. The van der Waals surface area contributed by atoms with Crippen molar-refractivity contribution in [3.63, 3.8) is 0 Å². The van der Waals surface area contributed by atoms with Gasteiger partial charge >= 0.3 is 0 Å². The Labute approximate surface area is 184 Å². The van der Waals surface area contributed by atoms with Gasteiger partial charge in [0.25, 0.3) is 0 Å². The van der Waals surface area contributed by atoms with Gasteiger partial charge in [-0.3, -0.25) is 4.79 Å². The number of rotatable bonds is 8. The van der Waals surface area contributed by atoms with E-state index >= 15 is 0 Å². The standard InChI is InChI=1S/C23H25BrN2O2S/c1-4-17-9-10-21(19(24)13-17)28-11-5-6-22(27)26-23-25-20(14-29-23)18-12-15(2)7-8-16(18)3/h7-10,12-14H,4-6,11H2,1-3H3,(H,25,26,27). The summed E-state index contributed by atoms with van der Waals surface area (Å²) >= 11 is 4.98. The molecule has 152 valence electrons. The fraction of sp³-hybridized carbons (Fsp3) is 0.304. The lowest BCUT2D eigenvalue weighted by atomic mass is 10.0. The number of thiazole rings is 1. The molecule has 0 aliphatic rings. The van der Waals surface area contributed by atoms with E-state index in [1.165, 1.54) is 28.0 Å². The van der Waals surface area contributed by atoms with Crippen molar-refractivity contribution in [2.45, 2.75) is 40.0 Å². The highest BCUT2D eigenvalue weighted by Gasteiger charge is 2.10. The summed E-state index contributed by atoms with van der Waals surface area (Å²) in [6.07, 6.45) is 2.02. The maximum absolute atomic E-state index is 12.2. The van der Waals surface area contributed by atoms with Crippen LogP contribution in [-0.2, 0) is 11.2 Å². The number of aromatic nitrogens is 1. The molecule has 0 bridgehead atoms. The van der Waals surface area contributed by atoms with Crippen LogP contribution in [0.15, 0.2) is 46.3 Å². The second-order valence-corrected chi connectivity index (χ2v) is 8.69. The number of carbonyl (C=O) groups is 1. The molecule has 1 amide bonds. The predicted molar refractivity (Wildman–Crippen MR) is 124 cm³/mol. The van der Waals surface area contributed by atoms with E-state index in [9.17, 15) is 4.79 Å². The lowest BCUT2D eigenvalue weighted by Gasteiger charge is -2.09.